The summed E-state index contributed by atoms with van der Waals surface area (Å²) in [5.74, 6) is 0.913. The second-order valence-corrected chi connectivity index (χ2v) is 7.75. The van der Waals surface area contributed by atoms with Gasteiger partial charge in [-0.1, -0.05) is 42.1 Å². The van der Waals surface area contributed by atoms with E-state index in [1.165, 1.54) is 11.8 Å². The molecule has 0 spiro atoms. The fraction of sp³-hybridized carbons (Fsp3) is 0.304. The summed E-state index contributed by atoms with van der Waals surface area (Å²) in [5.41, 5.74) is 2.64. The number of imidazole rings is 1. The largest absolute Gasteiger partial charge is 0.492 e. The average molecular weight is 423 g/mol. The van der Waals surface area contributed by atoms with E-state index in [0.29, 0.717) is 25.4 Å². The Hall–Kier alpha value is -2.93. The third kappa shape index (κ3) is 4.03. The van der Waals surface area contributed by atoms with Crippen LogP contribution in [-0.4, -0.2) is 59.4 Å². The van der Waals surface area contributed by atoms with Gasteiger partial charge in [-0.3, -0.25) is 9.36 Å². The number of benzene rings is 2. The van der Waals surface area contributed by atoms with Crippen molar-refractivity contribution in [3.63, 3.8) is 0 Å². The number of ether oxygens (including phenoxy) is 1. The summed E-state index contributed by atoms with van der Waals surface area (Å²) in [4.78, 5) is 22.0. The maximum atomic E-state index is 13.3. The molecular weight excluding hydrogens is 396 g/mol. The number of carbonyl (C=O) groups excluding carboxylic acids is 1. The zero-order valence-corrected chi connectivity index (χ0v) is 18.1. The molecule has 6 nitrogen and oxygen atoms in total. The molecule has 2 heterocycles. The highest BCUT2D eigenvalue weighted by atomic mass is 32.2. The van der Waals surface area contributed by atoms with Gasteiger partial charge in [-0.05, 0) is 37.4 Å². The number of carbonyl (C=O) groups is 1. The summed E-state index contributed by atoms with van der Waals surface area (Å²) in [7, 11) is 0. The number of nitrogens with zero attached hydrogens (tertiary/aromatic N) is 4. The SMILES string of the molecule is CCOc1ccccc1N1CCN(C(=O)c2cnc(SC)n2-c2ccccc2)CC1. The Morgan fingerprint density at radius 1 is 1.03 bits per heavy atom. The highest BCUT2D eigenvalue weighted by molar-refractivity contribution is 7.98. The van der Waals surface area contributed by atoms with Crippen LogP contribution in [0.1, 0.15) is 17.4 Å². The van der Waals surface area contributed by atoms with E-state index in [9.17, 15) is 4.79 Å². The van der Waals surface area contributed by atoms with Crippen LogP contribution in [0.3, 0.4) is 0 Å². The number of piperazine rings is 1. The summed E-state index contributed by atoms with van der Waals surface area (Å²) >= 11 is 1.54. The summed E-state index contributed by atoms with van der Waals surface area (Å²) < 4.78 is 7.73. The number of amides is 1. The molecule has 1 aliphatic heterocycles. The number of hydrogen-bond donors (Lipinski definition) is 0. The molecule has 0 saturated carbocycles. The van der Waals surface area contributed by atoms with E-state index in [4.69, 9.17) is 4.74 Å². The van der Waals surface area contributed by atoms with E-state index < -0.39 is 0 Å². The lowest BCUT2D eigenvalue weighted by Gasteiger charge is -2.36. The van der Waals surface area contributed by atoms with Gasteiger partial charge >= 0.3 is 0 Å². The monoisotopic (exact) mass is 422 g/mol. The van der Waals surface area contributed by atoms with Gasteiger partial charge in [-0.25, -0.2) is 4.98 Å². The third-order valence-corrected chi connectivity index (χ3v) is 5.87. The van der Waals surface area contributed by atoms with Gasteiger partial charge in [0.2, 0.25) is 0 Å². The highest BCUT2D eigenvalue weighted by Crippen LogP contribution is 2.29. The van der Waals surface area contributed by atoms with Crippen molar-refractivity contribution in [2.24, 2.45) is 0 Å². The van der Waals surface area contributed by atoms with Crippen molar-refractivity contribution in [3.8, 4) is 11.4 Å². The lowest BCUT2D eigenvalue weighted by Crippen LogP contribution is -2.49. The predicted octanol–water partition coefficient (Wildman–Crippen LogP) is 3.96. The van der Waals surface area contributed by atoms with Crippen molar-refractivity contribution in [2.45, 2.75) is 12.1 Å². The molecule has 1 aliphatic rings. The highest BCUT2D eigenvalue weighted by Gasteiger charge is 2.27. The molecule has 4 rings (SSSR count). The minimum absolute atomic E-state index is 0.0180. The van der Waals surface area contributed by atoms with Gasteiger partial charge < -0.3 is 14.5 Å². The Morgan fingerprint density at radius 2 is 1.73 bits per heavy atom. The number of aromatic nitrogens is 2. The Kier molecular flexibility index (Phi) is 6.28. The molecule has 3 aromatic rings. The normalized spacial score (nSPS) is 14.1. The van der Waals surface area contributed by atoms with Crippen molar-refractivity contribution in [2.75, 3.05) is 43.9 Å². The van der Waals surface area contributed by atoms with Gasteiger partial charge in [-0.2, -0.15) is 0 Å². The van der Waals surface area contributed by atoms with Crippen LogP contribution in [0.15, 0.2) is 66.0 Å². The van der Waals surface area contributed by atoms with E-state index in [1.807, 2.05) is 71.2 Å². The maximum absolute atomic E-state index is 13.3. The first-order valence-electron chi connectivity index (χ1n) is 10.2. The van der Waals surface area contributed by atoms with Gasteiger partial charge in [0, 0.05) is 31.9 Å². The van der Waals surface area contributed by atoms with Crippen LogP contribution in [0.4, 0.5) is 5.69 Å². The van der Waals surface area contributed by atoms with Crippen LogP contribution in [0.25, 0.3) is 5.69 Å². The first-order valence-corrected chi connectivity index (χ1v) is 11.4. The molecule has 1 amide bonds. The van der Waals surface area contributed by atoms with Gasteiger partial charge in [0.05, 0.1) is 18.5 Å². The van der Waals surface area contributed by atoms with Crippen molar-refractivity contribution in [1.29, 1.82) is 0 Å². The third-order valence-electron chi connectivity index (χ3n) is 5.22. The molecule has 1 aromatic heterocycles. The van der Waals surface area contributed by atoms with Crippen LogP contribution in [-0.2, 0) is 0 Å². The van der Waals surface area contributed by atoms with Crippen molar-refractivity contribution < 1.29 is 9.53 Å². The van der Waals surface area contributed by atoms with E-state index in [-0.39, 0.29) is 5.91 Å². The molecule has 0 aliphatic carbocycles. The lowest BCUT2D eigenvalue weighted by molar-refractivity contribution is 0.0738. The quantitative estimate of drug-likeness (QED) is 0.563. The summed E-state index contributed by atoms with van der Waals surface area (Å²) in [6.07, 6.45) is 3.67. The Bertz CT molecular complexity index is 997. The van der Waals surface area contributed by atoms with Crippen molar-refractivity contribution in [1.82, 2.24) is 14.5 Å². The van der Waals surface area contributed by atoms with Gasteiger partial charge in [0.1, 0.15) is 11.4 Å². The molecule has 0 atom stereocenters. The van der Waals surface area contributed by atoms with Crippen LogP contribution in [0.2, 0.25) is 0 Å². The molecule has 30 heavy (non-hydrogen) atoms. The molecule has 1 fully saturated rings. The molecule has 2 aromatic carbocycles. The van der Waals surface area contributed by atoms with Gasteiger partial charge in [-0.15, -0.1) is 0 Å². The smallest absolute Gasteiger partial charge is 0.272 e. The Morgan fingerprint density at radius 3 is 2.43 bits per heavy atom. The van der Waals surface area contributed by atoms with E-state index >= 15 is 0 Å². The van der Waals surface area contributed by atoms with Gasteiger partial charge in [0.15, 0.2) is 5.16 Å². The van der Waals surface area contributed by atoms with E-state index in [0.717, 1.165) is 35.4 Å². The maximum Gasteiger partial charge on any atom is 0.272 e. The van der Waals surface area contributed by atoms with Crippen LogP contribution in [0, 0.1) is 0 Å². The molecular formula is C23H26N4O2S. The Labute approximate surface area is 181 Å². The summed E-state index contributed by atoms with van der Waals surface area (Å²) in [5, 5.41) is 0.814. The molecule has 0 unspecified atom stereocenters. The minimum atomic E-state index is 0.0180. The molecule has 0 N–H and O–H groups in total. The minimum Gasteiger partial charge on any atom is -0.492 e. The summed E-state index contributed by atoms with van der Waals surface area (Å²) in [6, 6.07) is 18.0. The van der Waals surface area contributed by atoms with Crippen molar-refractivity contribution >= 4 is 23.4 Å². The number of thioether (sulfide) groups is 1. The van der Waals surface area contributed by atoms with E-state index in [1.54, 1.807) is 6.20 Å². The second kappa shape index (κ2) is 9.26. The van der Waals surface area contributed by atoms with Crippen molar-refractivity contribution in [3.05, 3.63) is 66.5 Å². The second-order valence-electron chi connectivity index (χ2n) is 6.98. The van der Waals surface area contributed by atoms with E-state index in [2.05, 4.69) is 16.0 Å². The number of anilines is 1. The zero-order valence-electron chi connectivity index (χ0n) is 17.3. The lowest BCUT2D eigenvalue weighted by atomic mass is 10.2. The van der Waals surface area contributed by atoms with Crippen LogP contribution < -0.4 is 9.64 Å². The average Bonchev–Trinajstić information content (AvgIpc) is 3.24. The predicted molar refractivity (Wildman–Crippen MR) is 121 cm³/mol. The van der Waals surface area contributed by atoms with Gasteiger partial charge in [0.25, 0.3) is 5.91 Å². The zero-order chi connectivity index (χ0) is 20.9. The van der Waals surface area contributed by atoms with Crippen LogP contribution in [0.5, 0.6) is 5.75 Å². The standard InChI is InChI=1S/C23H26N4O2S/c1-3-29-21-12-8-7-11-19(21)25-13-15-26(16-14-25)22(28)20-17-24-23(30-2)27(20)18-9-5-4-6-10-18/h4-12,17H,3,13-16H2,1-2H3. The first kappa shape index (κ1) is 20.3. The molecule has 1 saturated heterocycles. The first-order chi connectivity index (χ1) is 14.7. The number of hydrogen-bond acceptors (Lipinski definition) is 5. The molecule has 0 bridgehead atoms. The molecule has 0 radical (unpaired) electrons. The summed E-state index contributed by atoms with van der Waals surface area (Å²) in [6.45, 7) is 5.49. The van der Waals surface area contributed by atoms with Crippen LogP contribution >= 0.6 is 11.8 Å². The number of para-hydroxylation sites is 3. The molecule has 156 valence electrons. The number of rotatable bonds is 6. The topological polar surface area (TPSA) is 50.6 Å². The fourth-order valence-corrected chi connectivity index (χ4v) is 4.31. The fourth-order valence-electron chi connectivity index (χ4n) is 3.76. The molecule has 7 heteroatoms. The Balaban J connectivity index is 1.52.